The van der Waals surface area contributed by atoms with Gasteiger partial charge in [0.25, 0.3) is 0 Å². The van der Waals surface area contributed by atoms with Gasteiger partial charge in [0.1, 0.15) is 5.82 Å². The van der Waals surface area contributed by atoms with E-state index in [4.69, 9.17) is 5.73 Å². The van der Waals surface area contributed by atoms with Gasteiger partial charge in [-0.1, -0.05) is 40.2 Å². The molecule has 0 aromatic heterocycles. The van der Waals surface area contributed by atoms with Gasteiger partial charge in [-0.15, -0.1) is 0 Å². The summed E-state index contributed by atoms with van der Waals surface area (Å²) in [6.07, 6.45) is 0. The number of nitrogens with two attached hydrogens (primary N) is 1. The average molecular weight is 337 g/mol. The molecular formula is C16H18BrFN2. The minimum absolute atomic E-state index is 0.137. The second-order valence-corrected chi connectivity index (χ2v) is 5.76. The molecule has 1 unspecified atom stereocenters. The standard InChI is InChI=1S/C16H18BrFN2/c1-20(11-12-5-7-15(18)8-6-12)16(10-19)13-3-2-4-14(17)9-13/h2-9,16H,10-11,19H2,1H3. The highest BCUT2D eigenvalue weighted by atomic mass is 79.9. The van der Waals surface area contributed by atoms with Crippen molar-refractivity contribution >= 4 is 15.9 Å². The fraction of sp³-hybridized carbons (Fsp3) is 0.250. The number of rotatable bonds is 5. The Balaban J connectivity index is 2.13. The lowest BCUT2D eigenvalue weighted by molar-refractivity contribution is 0.241. The molecule has 4 heteroatoms. The number of benzene rings is 2. The van der Waals surface area contributed by atoms with Gasteiger partial charge in [-0.3, -0.25) is 4.90 Å². The summed E-state index contributed by atoms with van der Waals surface area (Å²) >= 11 is 3.48. The zero-order valence-electron chi connectivity index (χ0n) is 11.4. The smallest absolute Gasteiger partial charge is 0.123 e. The first-order valence-corrected chi connectivity index (χ1v) is 7.29. The minimum Gasteiger partial charge on any atom is -0.329 e. The average Bonchev–Trinajstić information content (AvgIpc) is 2.42. The molecule has 0 bridgehead atoms. The van der Waals surface area contributed by atoms with E-state index < -0.39 is 0 Å². The van der Waals surface area contributed by atoms with Gasteiger partial charge in [0.2, 0.25) is 0 Å². The molecule has 20 heavy (non-hydrogen) atoms. The Kier molecular flexibility index (Phi) is 5.29. The molecule has 2 N–H and O–H groups in total. The van der Waals surface area contributed by atoms with Crippen LogP contribution >= 0.6 is 15.9 Å². The number of likely N-dealkylation sites (N-methyl/N-ethyl adjacent to an activating group) is 1. The van der Waals surface area contributed by atoms with Gasteiger partial charge in [0.15, 0.2) is 0 Å². The number of hydrogen-bond acceptors (Lipinski definition) is 2. The predicted octanol–water partition coefficient (Wildman–Crippen LogP) is 3.72. The minimum atomic E-state index is -0.209. The van der Waals surface area contributed by atoms with E-state index in [1.54, 1.807) is 12.1 Å². The van der Waals surface area contributed by atoms with Crippen LogP contribution in [0, 0.1) is 5.82 Å². The van der Waals surface area contributed by atoms with Gasteiger partial charge in [0, 0.05) is 23.6 Å². The topological polar surface area (TPSA) is 29.3 Å². The lowest BCUT2D eigenvalue weighted by Gasteiger charge is -2.27. The molecule has 0 amide bonds. The summed E-state index contributed by atoms with van der Waals surface area (Å²) in [4.78, 5) is 2.18. The Labute approximate surface area is 127 Å². The Hall–Kier alpha value is -1.23. The molecular weight excluding hydrogens is 319 g/mol. The summed E-state index contributed by atoms with van der Waals surface area (Å²) in [6, 6.07) is 14.9. The van der Waals surface area contributed by atoms with E-state index in [0.717, 1.165) is 16.6 Å². The first-order valence-electron chi connectivity index (χ1n) is 6.50. The van der Waals surface area contributed by atoms with Crippen molar-refractivity contribution in [2.75, 3.05) is 13.6 Å². The zero-order valence-corrected chi connectivity index (χ0v) is 13.0. The predicted molar refractivity (Wildman–Crippen MR) is 83.8 cm³/mol. The summed E-state index contributed by atoms with van der Waals surface area (Å²) in [5.41, 5.74) is 8.16. The SMILES string of the molecule is CN(Cc1ccc(F)cc1)C(CN)c1cccc(Br)c1. The van der Waals surface area contributed by atoms with E-state index in [0.29, 0.717) is 6.54 Å². The van der Waals surface area contributed by atoms with Crippen molar-refractivity contribution in [3.05, 3.63) is 69.9 Å². The zero-order chi connectivity index (χ0) is 14.5. The molecule has 0 aliphatic carbocycles. The first-order chi connectivity index (χ1) is 9.60. The summed E-state index contributed by atoms with van der Waals surface area (Å²) in [5, 5.41) is 0. The van der Waals surface area contributed by atoms with Gasteiger partial charge in [0.05, 0.1) is 0 Å². The van der Waals surface area contributed by atoms with Crippen LogP contribution in [-0.4, -0.2) is 18.5 Å². The van der Waals surface area contributed by atoms with Crippen LogP contribution in [0.1, 0.15) is 17.2 Å². The largest absolute Gasteiger partial charge is 0.329 e. The van der Waals surface area contributed by atoms with Crippen LogP contribution in [0.2, 0.25) is 0 Å². The summed E-state index contributed by atoms with van der Waals surface area (Å²) in [7, 11) is 2.03. The number of halogens is 2. The monoisotopic (exact) mass is 336 g/mol. The van der Waals surface area contributed by atoms with Gasteiger partial charge in [-0.05, 0) is 42.4 Å². The molecule has 0 aliphatic rings. The molecule has 2 nitrogen and oxygen atoms in total. The first kappa shape index (κ1) is 15.2. The van der Waals surface area contributed by atoms with Crippen LogP contribution in [0.4, 0.5) is 4.39 Å². The van der Waals surface area contributed by atoms with Crippen molar-refractivity contribution in [2.24, 2.45) is 5.73 Å². The molecule has 2 aromatic rings. The molecule has 0 saturated heterocycles. The third-order valence-electron chi connectivity index (χ3n) is 3.33. The Bertz CT molecular complexity index is 557. The van der Waals surface area contributed by atoms with Crippen molar-refractivity contribution in [3.8, 4) is 0 Å². The molecule has 0 fully saturated rings. The van der Waals surface area contributed by atoms with Crippen molar-refractivity contribution in [2.45, 2.75) is 12.6 Å². The molecule has 1 atom stereocenters. The molecule has 0 radical (unpaired) electrons. The fourth-order valence-electron chi connectivity index (χ4n) is 2.27. The van der Waals surface area contributed by atoms with Crippen molar-refractivity contribution in [3.63, 3.8) is 0 Å². The maximum atomic E-state index is 12.9. The molecule has 2 rings (SSSR count). The normalized spacial score (nSPS) is 12.7. The highest BCUT2D eigenvalue weighted by molar-refractivity contribution is 9.10. The van der Waals surface area contributed by atoms with Crippen LogP contribution in [0.15, 0.2) is 53.0 Å². The van der Waals surface area contributed by atoms with Crippen LogP contribution in [0.25, 0.3) is 0 Å². The molecule has 0 heterocycles. The third kappa shape index (κ3) is 3.88. The van der Waals surface area contributed by atoms with Gasteiger partial charge in [-0.2, -0.15) is 0 Å². The molecule has 106 valence electrons. The van der Waals surface area contributed by atoms with Crippen LogP contribution in [0.3, 0.4) is 0 Å². The summed E-state index contributed by atoms with van der Waals surface area (Å²) < 4.78 is 14.0. The maximum absolute atomic E-state index is 12.9. The van der Waals surface area contributed by atoms with E-state index in [9.17, 15) is 4.39 Å². The summed E-state index contributed by atoms with van der Waals surface area (Å²) in [6.45, 7) is 1.27. The van der Waals surface area contributed by atoms with Gasteiger partial charge >= 0.3 is 0 Å². The number of nitrogens with zero attached hydrogens (tertiary/aromatic N) is 1. The maximum Gasteiger partial charge on any atom is 0.123 e. The highest BCUT2D eigenvalue weighted by Gasteiger charge is 2.15. The Morgan fingerprint density at radius 3 is 2.50 bits per heavy atom. The van der Waals surface area contributed by atoms with Crippen molar-refractivity contribution < 1.29 is 4.39 Å². The van der Waals surface area contributed by atoms with E-state index >= 15 is 0 Å². The summed E-state index contributed by atoms with van der Waals surface area (Å²) in [5.74, 6) is -0.209. The van der Waals surface area contributed by atoms with Gasteiger partial charge in [-0.25, -0.2) is 4.39 Å². The molecule has 0 aliphatic heterocycles. The van der Waals surface area contributed by atoms with Crippen LogP contribution in [0.5, 0.6) is 0 Å². The van der Waals surface area contributed by atoms with Crippen molar-refractivity contribution in [1.82, 2.24) is 4.90 Å². The Morgan fingerprint density at radius 2 is 1.90 bits per heavy atom. The Morgan fingerprint density at radius 1 is 1.20 bits per heavy atom. The van der Waals surface area contributed by atoms with E-state index in [-0.39, 0.29) is 11.9 Å². The molecule has 2 aromatic carbocycles. The third-order valence-corrected chi connectivity index (χ3v) is 3.83. The van der Waals surface area contributed by atoms with Crippen LogP contribution < -0.4 is 5.73 Å². The van der Waals surface area contributed by atoms with Gasteiger partial charge < -0.3 is 5.73 Å². The fourth-order valence-corrected chi connectivity index (χ4v) is 2.69. The second kappa shape index (κ2) is 6.97. The quantitative estimate of drug-likeness (QED) is 0.901. The van der Waals surface area contributed by atoms with Crippen LogP contribution in [-0.2, 0) is 6.54 Å². The highest BCUT2D eigenvalue weighted by Crippen LogP contribution is 2.23. The molecule has 0 saturated carbocycles. The van der Waals surface area contributed by atoms with Crippen molar-refractivity contribution in [1.29, 1.82) is 0 Å². The lowest BCUT2D eigenvalue weighted by atomic mass is 10.1. The lowest BCUT2D eigenvalue weighted by Crippen LogP contribution is -2.30. The number of hydrogen-bond donors (Lipinski definition) is 1. The second-order valence-electron chi connectivity index (χ2n) is 4.85. The van der Waals surface area contributed by atoms with E-state index in [2.05, 4.69) is 33.0 Å². The molecule has 0 spiro atoms. The van der Waals surface area contributed by atoms with E-state index in [1.165, 1.54) is 17.7 Å². The van der Waals surface area contributed by atoms with E-state index in [1.807, 2.05) is 19.2 Å².